The van der Waals surface area contributed by atoms with Gasteiger partial charge in [0, 0.05) is 11.8 Å². The van der Waals surface area contributed by atoms with Gasteiger partial charge in [-0.3, -0.25) is 0 Å². The molecule has 0 aromatic heterocycles. The monoisotopic (exact) mass is 320 g/mol. The zero-order valence-electron chi connectivity index (χ0n) is 9.76. The number of hydrogen-bond acceptors (Lipinski definition) is 0. The highest BCUT2D eigenvalue weighted by Gasteiger charge is 2.67. The second-order valence-electron chi connectivity index (χ2n) is 4.80. The van der Waals surface area contributed by atoms with Gasteiger partial charge in [0.25, 0.3) is 0 Å². The van der Waals surface area contributed by atoms with Crippen LogP contribution in [0.3, 0.4) is 0 Å². The molecule has 0 amide bonds. The highest BCUT2D eigenvalue weighted by Crippen LogP contribution is 2.53. The summed E-state index contributed by atoms with van der Waals surface area (Å²) in [6.45, 7) is 0. The zero-order valence-corrected chi connectivity index (χ0v) is 9.76. The summed E-state index contributed by atoms with van der Waals surface area (Å²) in [6, 6.07) is 0. The van der Waals surface area contributed by atoms with E-state index in [2.05, 4.69) is 0 Å². The van der Waals surface area contributed by atoms with E-state index in [4.69, 9.17) is 0 Å². The highest BCUT2D eigenvalue weighted by atomic mass is 19.4. The minimum Gasteiger partial charge on any atom is -0.196 e. The van der Waals surface area contributed by atoms with Crippen molar-refractivity contribution in [1.29, 1.82) is 0 Å². The van der Waals surface area contributed by atoms with Crippen LogP contribution in [0.15, 0.2) is 0 Å². The van der Waals surface area contributed by atoms with Gasteiger partial charge in [-0.1, -0.05) is 6.42 Å². The molecule has 0 spiro atoms. The van der Waals surface area contributed by atoms with Gasteiger partial charge in [-0.25, -0.2) is 0 Å². The van der Waals surface area contributed by atoms with Crippen molar-refractivity contribution in [3.8, 4) is 0 Å². The molecule has 0 bridgehead atoms. The van der Waals surface area contributed by atoms with Gasteiger partial charge in [0.1, 0.15) is 0 Å². The second kappa shape index (κ2) is 4.94. The van der Waals surface area contributed by atoms with Crippen LogP contribution in [-0.4, -0.2) is 24.2 Å². The van der Waals surface area contributed by atoms with Crippen molar-refractivity contribution < 1.29 is 43.9 Å². The average molecular weight is 320 g/mol. The molecule has 1 fully saturated rings. The van der Waals surface area contributed by atoms with Crippen LogP contribution in [0, 0.1) is 11.8 Å². The van der Waals surface area contributed by atoms with E-state index in [-0.39, 0.29) is 0 Å². The Balaban J connectivity index is 2.94. The lowest BCUT2D eigenvalue weighted by molar-refractivity contribution is -0.326. The standard InChI is InChI=1S/C10H10F10/c11-7(12,9(15,16)17)5-2-1-3-6(4-5)8(13,14)10(18,19)20/h5-6H,1-4H2. The Hall–Kier alpha value is -0.700. The van der Waals surface area contributed by atoms with Crippen molar-refractivity contribution >= 4 is 0 Å². The molecule has 1 aliphatic carbocycles. The molecule has 0 aromatic rings. The lowest BCUT2D eigenvalue weighted by atomic mass is 9.75. The molecular formula is C10H10F10. The summed E-state index contributed by atoms with van der Waals surface area (Å²) in [5.74, 6) is -15.7. The van der Waals surface area contributed by atoms with Crippen LogP contribution < -0.4 is 0 Å². The van der Waals surface area contributed by atoms with Gasteiger partial charge < -0.3 is 0 Å². The minimum atomic E-state index is -5.97. The fourth-order valence-electron chi connectivity index (χ4n) is 2.31. The molecule has 0 heterocycles. The Labute approximate surface area is 107 Å². The molecule has 2 atom stereocenters. The summed E-state index contributed by atoms with van der Waals surface area (Å²) in [5.41, 5.74) is 0. The summed E-state index contributed by atoms with van der Waals surface area (Å²) in [6.07, 6.45) is -15.5. The van der Waals surface area contributed by atoms with Gasteiger partial charge in [0.15, 0.2) is 0 Å². The molecule has 10 heteroatoms. The normalized spacial score (nSPS) is 26.7. The van der Waals surface area contributed by atoms with Gasteiger partial charge >= 0.3 is 24.2 Å². The highest BCUT2D eigenvalue weighted by molar-refractivity contribution is 4.94. The topological polar surface area (TPSA) is 0 Å². The largest absolute Gasteiger partial charge is 0.453 e. The van der Waals surface area contributed by atoms with Gasteiger partial charge in [0.05, 0.1) is 0 Å². The van der Waals surface area contributed by atoms with Crippen LogP contribution in [0.4, 0.5) is 43.9 Å². The van der Waals surface area contributed by atoms with Gasteiger partial charge in [0.2, 0.25) is 0 Å². The van der Waals surface area contributed by atoms with E-state index in [0.29, 0.717) is 0 Å². The van der Waals surface area contributed by atoms with E-state index in [1.165, 1.54) is 0 Å². The first-order valence-corrected chi connectivity index (χ1v) is 5.60. The first kappa shape index (κ1) is 17.4. The Morgan fingerprint density at radius 3 is 1.10 bits per heavy atom. The first-order chi connectivity index (χ1) is 8.71. The smallest absolute Gasteiger partial charge is 0.196 e. The maximum absolute atomic E-state index is 13.0. The van der Waals surface area contributed by atoms with Crippen LogP contribution >= 0.6 is 0 Å². The molecule has 0 aliphatic heterocycles. The third kappa shape index (κ3) is 2.98. The van der Waals surface area contributed by atoms with E-state index in [1.807, 2.05) is 0 Å². The summed E-state index contributed by atoms with van der Waals surface area (Å²) < 4.78 is 125. The third-order valence-electron chi connectivity index (χ3n) is 3.46. The van der Waals surface area contributed by atoms with Crippen molar-refractivity contribution in [1.82, 2.24) is 0 Å². The van der Waals surface area contributed by atoms with E-state index < -0.39 is 61.7 Å². The lowest BCUT2D eigenvalue weighted by Crippen LogP contribution is -2.50. The fraction of sp³-hybridized carbons (Fsp3) is 1.00. The van der Waals surface area contributed by atoms with Crippen molar-refractivity contribution in [2.45, 2.75) is 49.9 Å². The molecule has 0 nitrogen and oxygen atoms in total. The Morgan fingerprint density at radius 1 is 0.550 bits per heavy atom. The quantitative estimate of drug-likeness (QED) is 0.614. The van der Waals surface area contributed by atoms with Crippen molar-refractivity contribution in [2.75, 3.05) is 0 Å². The fourth-order valence-corrected chi connectivity index (χ4v) is 2.31. The van der Waals surface area contributed by atoms with Crippen molar-refractivity contribution in [3.05, 3.63) is 0 Å². The number of rotatable bonds is 2. The SMILES string of the molecule is FC(F)(F)C(F)(F)C1CCCC(C(F)(F)C(F)(F)F)C1. The lowest BCUT2D eigenvalue weighted by Gasteiger charge is -2.38. The number of alkyl halides is 10. The molecule has 2 unspecified atom stereocenters. The summed E-state index contributed by atoms with van der Waals surface area (Å²) in [7, 11) is 0. The third-order valence-corrected chi connectivity index (χ3v) is 3.46. The average Bonchev–Trinajstić information content (AvgIpc) is 2.26. The summed E-state index contributed by atoms with van der Waals surface area (Å²) in [5, 5.41) is 0. The van der Waals surface area contributed by atoms with Crippen molar-refractivity contribution in [3.63, 3.8) is 0 Å². The number of halogens is 10. The van der Waals surface area contributed by atoms with Crippen LogP contribution in [-0.2, 0) is 0 Å². The van der Waals surface area contributed by atoms with Crippen LogP contribution in [0.5, 0.6) is 0 Å². The predicted octanol–water partition coefficient (Wildman–Crippen LogP) is 5.19. The Morgan fingerprint density at radius 2 is 0.850 bits per heavy atom. The van der Waals surface area contributed by atoms with E-state index in [1.54, 1.807) is 0 Å². The maximum Gasteiger partial charge on any atom is 0.453 e. The molecule has 0 saturated heterocycles. The predicted molar refractivity (Wildman–Crippen MR) is 47.5 cm³/mol. The molecule has 0 aromatic carbocycles. The first-order valence-electron chi connectivity index (χ1n) is 5.60. The van der Waals surface area contributed by atoms with E-state index in [0.717, 1.165) is 0 Å². The van der Waals surface area contributed by atoms with Gasteiger partial charge in [-0.05, 0) is 19.3 Å². The molecule has 120 valence electrons. The molecule has 1 saturated carbocycles. The molecule has 1 rings (SSSR count). The van der Waals surface area contributed by atoms with Gasteiger partial charge in [-0.15, -0.1) is 0 Å². The molecule has 0 N–H and O–H groups in total. The van der Waals surface area contributed by atoms with E-state index in [9.17, 15) is 43.9 Å². The zero-order chi connectivity index (χ0) is 16.0. The van der Waals surface area contributed by atoms with Crippen LogP contribution in [0.25, 0.3) is 0 Å². The minimum absolute atomic E-state index is 0.535. The van der Waals surface area contributed by atoms with Gasteiger partial charge in [-0.2, -0.15) is 43.9 Å². The van der Waals surface area contributed by atoms with Crippen LogP contribution in [0.2, 0.25) is 0 Å². The molecule has 0 radical (unpaired) electrons. The maximum atomic E-state index is 13.0. The van der Waals surface area contributed by atoms with E-state index >= 15 is 0 Å². The summed E-state index contributed by atoms with van der Waals surface area (Å²) >= 11 is 0. The molecular weight excluding hydrogens is 310 g/mol. The Bertz CT molecular complexity index is 307. The number of hydrogen-bond donors (Lipinski definition) is 0. The second-order valence-corrected chi connectivity index (χ2v) is 4.80. The van der Waals surface area contributed by atoms with Crippen LogP contribution in [0.1, 0.15) is 25.7 Å². The molecule has 20 heavy (non-hydrogen) atoms. The summed E-state index contributed by atoms with van der Waals surface area (Å²) in [4.78, 5) is 0. The molecule has 1 aliphatic rings. The van der Waals surface area contributed by atoms with Crippen molar-refractivity contribution in [2.24, 2.45) is 11.8 Å². The Kier molecular flexibility index (Phi) is 4.29.